The van der Waals surface area contributed by atoms with Crippen LogP contribution in [0.15, 0.2) is 0 Å². The molecule has 0 aromatic rings. The Balaban J connectivity index is 0.00000144. The molecule has 1 fully saturated rings. The molecule has 0 aliphatic heterocycles. The molecule has 0 atom stereocenters. The maximum atomic E-state index is 10.1. The van der Waals surface area contributed by atoms with Gasteiger partial charge in [-0.3, -0.25) is 0 Å². The van der Waals surface area contributed by atoms with Gasteiger partial charge in [-0.1, -0.05) is 38.5 Å². The first-order chi connectivity index (χ1) is 5.79. The van der Waals surface area contributed by atoms with E-state index in [-0.39, 0.29) is 25.3 Å². The summed E-state index contributed by atoms with van der Waals surface area (Å²) in [4.78, 5) is 10.1. The molecule has 0 saturated heterocycles. The van der Waals surface area contributed by atoms with E-state index in [9.17, 15) is 9.90 Å². The number of carboxylic acid groups (broad SMARTS) is 1. The van der Waals surface area contributed by atoms with Crippen molar-refractivity contribution in [2.75, 3.05) is 0 Å². The van der Waals surface area contributed by atoms with Crippen LogP contribution >= 0.6 is 0 Å². The number of aliphatic carboxylic acids is 1. The third-order valence-electron chi connectivity index (χ3n) is 2.72. The molecular weight excluding hydrogens is 159 g/mol. The van der Waals surface area contributed by atoms with Crippen molar-refractivity contribution >= 4 is 5.97 Å². The summed E-state index contributed by atoms with van der Waals surface area (Å²) >= 11 is 0. The number of carbonyl (C=O) groups is 1. The van der Waals surface area contributed by atoms with Crippen molar-refractivity contribution < 1.29 is 28.8 Å². The van der Waals surface area contributed by atoms with Gasteiger partial charge in [-0.05, 0) is 18.8 Å². The standard InChI is InChI=1S/C10H18O2.Li/c11-10(12)8-4-7-9-5-2-1-3-6-9;/h9H,1-8H2,(H,11,12);/q;+1/p-1. The zero-order valence-electron chi connectivity index (χ0n) is 8.55. The molecule has 1 rings (SSSR count). The van der Waals surface area contributed by atoms with Crippen LogP contribution in [0.25, 0.3) is 0 Å². The Morgan fingerprint density at radius 2 is 1.85 bits per heavy atom. The Labute approximate surface area is 92.3 Å². The smallest absolute Gasteiger partial charge is 0.550 e. The third kappa shape index (κ3) is 6.18. The van der Waals surface area contributed by atoms with Crippen molar-refractivity contribution in [1.29, 1.82) is 0 Å². The second-order valence-electron chi connectivity index (χ2n) is 3.77. The molecule has 0 radical (unpaired) electrons. The van der Waals surface area contributed by atoms with Crippen molar-refractivity contribution in [3.05, 3.63) is 0 Å². The largest absolute Gasteiger partial charge is 1.00 e. The summed E-state index contributed by atoms with van der Waals surface area (Å²) in [7, 11) is 0. The molecule has 0 bridgehead atoms. The predicted octanol–water partition coefficient (Wildman–Crippen LogP) is -1.51. The van der Waals surface area contributed by atoms with Crippen LogP contribution in [0.1, 0.15) is 51.4 Å². The number of hydrogen-bond acceptors (Lipinski definition) is 2. The molecule has 0 amide bonds. The monoisotopic (exact) mass is 176 g/mol. The van der Waals surface area contributed by atoms with E-state index in [1.807, 2.05) is 0 Å². The molecule has 2 nitrogen and oxygen atoms in total. The molecule has 0 unspecified atom stereocenters. The first-order valence-electron chi connectivity index (χ1n) is 4.99. The summed E-state index contributed by atoms with van der Waals surface area (Å²) in [5.74, 6) is -0.0936. The average molecular weight is 176 g/mol. The average Bonchev–Trinajstić information content (AvgIpc) is 2.05. The van der Waals surface area contributed by atoms with Gasteiger partial charge in [-0.25, -0.2) is 0 Å². The number of carboxylic acids is 1. The number of rotatable bonds is 4. The molecule has 0 aromatic carbocycles. The second kappa shape index (κ2) is 7.47. The van der Waals surface area contributed by atoms with Gasteiger partial charge in [0.1, 0.15) is 0 Å². The zero-order valence-corrected chi connectivity index (χ0v) is 8.55. The topological polar surface area (TPSA) is 40.1 Å². The van der Waals surface area contributed by atoms with Gasteiger partial charge < -0.3 is 9.90 Å². The minimum atomic E-state index is -0.897. The molecule has 0 heterocycles. The predicted molar refractivity (Wildman–Crippen MR) is 45.4 cm³/mol. The van der Waals surface area contributed by atoms with Crippen LogP contribution in [0.4, 0.5) is 0 Å². The summed E-state index contributed by atoms with van der Waals surface area (Å²) in [5.41, 5.74) is 0. The fourth-order valence-corrected chi connectivity index (χ4v) is 2.01. The molecule has 13 heavy (non-hydrogen) atoms. The van der Waals surface area contributed by atoms with Crippen LogP contribution in [0, 0.1) is 5.92 Å². The molecule has 3 heteroatoms. The minimum absolute atomic E-state index is 0. The molecule has 0 spiro atoms. The molecular formula is C10H17LiO2. The first kappa shape index (κ1) is 13.1. The fourth-order valence-electron chi connectivity index (χ4n) is 2.01. The number of carbonyl (C=O) groups excluding carboxylic acids is 1. The first-order valence-corrected chi connectivity index (χ1v) is 4.99. The van der Waals surface area contributed by atoms with Crippen LogP contribution in [-0.2, 0) is 4.79 Å². The Morgan fingerprint density at radius 1 is 1.23 bits per heavy atom. The van der Waals surface area contributed by atoms with Gasteiger partial charge in [0.2, 0.25) is 0 Å². The van der Waals surface area contributed by atoms with Crippen molar-refractivity contribution in [3.63, 3.8) is 0 Å². The van der Waals surface area contributed by atoms with E-state index in [0.29, 0.717) is 0 Å². The third-order valence-corrected chi connectivity index (χ3v) is 2.72. The van der Waals surface area contributed by atoms with Gasteiger partial charge in [0, 0.05) is 5.97 Å². The van der Waals surface area contributed by atoms with E-state index in [1.165, 1.54) is 32.1 Å². The Bertz CT molecular complexity index is 142. The van der Waals surface area contributed by atoms with Gasteiger partial charge in [-0.2, -0.15) is 0 Å². The molecule has 0 N–H and O–H groups in total. The van der Waals surface area contributed by atoms with Crippen LogP contribution in [0.3, 0.4) is 0 Å². The second-order valence-corrected chi connectivity index (χ2v) is 3.77. The molecule has 70 valence electrons. The zero-order chi connectivity index (χ0) is 8.81. The maximum absolute atomic E-state index is 10.1. The van der Waals surface area contributed by atoms with Gasteiger partial charge in [0.15, 0.2) is 0 Å². The normalized spacial score (nSPS) is 17.8. The SMILES string of the molecule is O=C([O-])CCCC1CCCCC1.[Li+]. The molecule has 1 aliphatic carbocycles. The summed E-state index contributed by atoms with van der Waals surface area (Å²) in [6, 6.07) is 0. The van der Waals surface area contributed by atoms with Crippen molar-refractivity contribution in [2.24, 2.45) is 5.92 Å². The van der Waals surface area contributed by atoms with Crippen molar-refractivity contribution in [2.45, 2.75) is 51.4 Å². The summed E-state index contributed by atoms with van der Waals surface area (Å²) in [5, 5.41) is 10.1. The summed E-state index contributed by atoms with van der Waals surface area (Å²) in [6.45, 7) is 0. The van der Waals surface area contributed by atoms with Gasteiger partial charge in [0.25, 0.3) is 0 Å². The molecule has 0 aromatic heterocycles. The Morgan fingerprint density at radius 3 is 2.38 bits per heavy atom. The quantitative estimate of drug-likeness (QED) is 0.489. The molecule has 1 saturated carbocycles. The van der Waals surface area contributed by atoms with Gasteiger partial charge >= 0.3 is 18.9 Å². The summed E-state index contributed by atoms with van der Waals surface area (Å²) in [6.07, 6.45) is 8.83. The molecule has 1 aliphatic rings. The van der Waals surface area contributed by atoms with E-state index in [0.717, 1.165) is 18.8 Å². The van der Waals surface area contributed by atoms with Crippen LogP contribution in [0.2, 0.25) is 0 Å². The van der Waals surface area contributed by atoms with Crippen LogP contribution < -0.4 is 24.0 Å². The van der Waals surface area contributed by atoms with E-state index in [2.05, 4.69) is 0 Å². The van der Waals surface area contributed by atoms with Gasteiger partial charge in [-0.15, -0.1) is 0 Å². The van der Waals surface area contributed by atoms with Crippen molar-refractivity contribution in [3.8, 4) is 0 Å². The number of hydrogen-bond donors (Lipinski definition) is 0. The maximum Gasteiger partial charge on any atom is 1.00 e. The van der Waals surface area contributed by atoms with Crippen molar-refractivity contribution in [1.82, 2.24) is 0 Å². The Kier molecular flexibility index (Phi) is 7.51. The minimum Gasteiger partial charge on any atom is -0.550 e. The van der Waals surface area contributed by atoms with Crippen LogP contribution in [-0.4, -0.2) is 5.97 Å². The van der Waals surface area contributed by atoms with E-state index in [1.54, 1.807) is 0 Å². The Hall–Kier alpha value is 0.0674. The fraction of sp³-hybridized carbons (Fsp3) is 0.900. The summed E-state index contributed by atoms with van der Waals surface area (Å²) < 4.78 is 0. The van der Waals surface area contributed by atoms with Crippen LogP contribution in [0.5, 0.6) is 0 Å². The van der Waals surface area contributed by atoms with Gasteiger partial charge in [0.05, 0.1) is 0 Å². The van der Waals surface area contributed by atoms with E-state index >= 15 is 0 Å². The van der Waals surface area contributed by atoms with E-state index in [4.69, 9.17) is 0 Å². The van der Waals surface area contributed by atoms with E-state index < -0.39 is 5.97 Å².